The van der Waals surface area contributed by atoms with Crippen molar-refractivity contribution in [1.29, 1.82) is 0 Å². The Morgan fingerprint density at radius 3 is 2.90 bits per heavy atom. The lowest BCUT2D eigenvalue weighted by atomic mass is 10.1. The molecule has 1 amide bonds. The van der Waals surface area contributed by atoms with Crippen LogP contribution in [-0.2, 0) is 6.54 Å². The minimum absolute atomic E-state index is 0.225. The van der Waals surface area contributed by atoms with Crippen molar-refractivity contribution in [2.24, 2.45) is 0 Å². The predicted octanol–water partition coefficient (Wildman–Crippen LogP) is 3.57. The summed E-state index contributed by atoms with van der Waals surface area (Å²) in [5, 5.41) is 6.60. The topological polar surface area (TPSA) is 68.0 Å². The van der Waals surface area contributed by atoms with E-state index in [-0.39, 0.29) is 5.91 Å². The second kappa shape index (κ2) is 5.83. The summed E-state index contributed by atoms with van der Waals surface area (Å²) in [5.74, 6) is 0.147. The summed E-state index contributed by atoms with van der Waals surface area (Å²) in [4.78, 5) is 17.4. The first-order valence-electron chi connectivity index (χ1n) is 6.30. The summed E-state index contributed by atoms with van der Waals surface area (Å²) in [6.07, 6.45) is 0. The third-order valence-electron chi connectivity index (χ3n) is 3.05. The number of nitrogens with two attached hydrogens (primary N) is 1. The number of nitrogen functional groups attached to an aromatic ring is 1. The largest absolute Gasteiger partial charge is 0.383 e. The van der Waals surface area contributed by atoms with Gasteiger partial charge in [0.25, 0.3) is 5.91 Å². The van der Waals surface area contributed by atoms with E-state index >= 15 is 0 Å². The number of thiophene rings is 1. The van der Waals surface area contributed by atoms with E-state index < -0.39 is 0 Å². The maximum atomic E-state index is 12.2. The van der Waals surface area contributed by atoms with Crippen molar-refractivity contribution in [3.05, 3.63) is 56.8 Å². The van der Waals surface area contributed by atoms with Crippen LogP contribution < -0.4 is 11.1 Å². The molecule has 106 valence electrons. The van der Waals surface area contributed by atoms with Gasteiger partial charge in [0, 0.05) is 20.1 Å². The fraction of sp³-hybridized carbons (Fsp3) is 0.0667. The number of carbonyl (C=O) groups excluding carboxylic acids is 1. The molecule has 0 saturated heterocycles. The number of amides is 1. The smallest absolute Gasteiger partial charge is 0.270 e. The average molecular weight is 362 g/mol. The van der Waals surface area contributed by atoms with Gasteiger partial charge in [0.1, 0.15) is 11.5 Å². The molecule has 21 heavy (non-hydrogen) atoms. The zero-order chi connectivity index (χ0) is 14.8. The van der Waals surface area contributed by atoms with Gasteiger partial charge in [-0.3, -0.25) is 4.79 Å². The van der Waals surface area contributed by atoms with Gasteiger partial charge in [-0.1, -0.05) is 24.3 Å². The predicted molar refractivity (Wildman–Crippen MR) is 89.3 cm³/mol. The highest BCUT2D eigenvalue weighted by atomic mass is 79.9. The molecule has 2 heterocycles. The highest BCUT2D eigenvalue weighted by Gasteiger charge is 2.11. The summed E-state index contributed by atoms with van der Waals surface area (Å²) in [5.41, 5.74) is 6.25. The summed E-state index contributed by atoms with van der Waals surface area (Å²) >= 11 is 4.98. The van der Waals surface area contributed by atoms with E-state index in [1.807, 2.05) is 35.7 Å². The minimum Gasteiger partial charge on any atom is -0.383 e. The molecule has 0 bridgehead atoms. The fourth-order valence-electron chi connectivity index (χ4n) is 2.05. The fourth-order valence-corrected chi connectivity index (χ4v) is 3.44. The van der Waals surface area contributed by atoms with E-state index in [9.17, 15) is 4.79 Å². The molecule has 0 spiro atoms. The lowest BCUT2D eigenvalue weighted by molar-refractivity contribution is 0.0946. The van der Waals surface area contributed by atoms with E-state index in [4.69, 9.17) is 5.73 Å². The van der Waals surface area contributed by atoms with Crippen molar-refractivity contribution in [2.75, 3.05) is 5.73 Å². The van der Waals surface area contributed by atoms with E-state index in [0.717, 1.165) is 20.1 Å². The van der Waals surface area contributed by atoms with Crippen LogP contribution in [0.5, 0.6) is 0 Å². The number of rotatable bonds is 3. The van der Waals surface area contributed by atoms with Crippen LogP contribution in [0.15, 0.2) is 46.3 Å². The summed E-state index contributed by atoms with van der Waals surface area (Å²) in [6.45, 7) is 0.476. The van der Waals surface area contributed by atoms with Crippen LogP contribution in [0, 0.1) is 0 Å². The van der Waals surface area contributed by atoms with Crippen molar-refractivity contribution >= 4 is 49.8 Å². The molecule has 0 fully saturated rings. The Morgan fingerprint density at radius 2 is 2.14 bits per heavy atom. The quantitative estimate of drug-likeness (QED) is 0.749. The molecular formula is C15H12BrN3OS. The highest BCUT2D eigenvalue weighted by molar-refractivity contribution is 9.10. The number of hydrogen-bond donors (Lipinski definition) is 2. The van der Waals surface area contributed by atoms with Gasteiger partial charge in [0.05, 0.1) is 6.54 Å². The van der Waals surface area contributed by atoms with Crippen molar-refractivity contribution in [3.8, 4) is 0 Å². The Bertz CT molecular complexity index is 816. The molecular weight excluding hydrogens is 350 g/mol. The van der Waals surface area contributed by atoms with Crippen LogP contribution >= 0.6 is 27.3 Å². The molecule has 0 radical (unpaired) electrons. The van der Waals surface area contributed by atoms with E-state index in [1.165, 1.54) is 0 Å². The molecule has 0 atom stereocenters. The molecule has 6 heteroatoms. The van der Waals surface area contributed by atoms with E-state index in [2.05, 4.69) is 26.2 Å². The first-order valence-corrected chi connectivity index (χ1v) is 7.97. The van der Waals surface area contributed by atoms with Crippen LogP contribution in [0.4, 0.5) is 5.82 Å². The van der Waals surface area contributed by atoms with Gasteiger partial charge in [-0.25, -0.2) is 4.98 Å². The van der Waals surface area contributed by atoms with Crippen LogP contribution in [0.3, 0.4) is 0 Å². The third kappa shape index (κ3) is 3.06. The Morgan fingerprint density at radius 1 is 1.33 bits per heavy atom. The number of halogens is 1. The summed E-state index contributed by atoms with van der Waals surface area (Å²) in [7, 11) is 0. The van der Waals surface area contributed by atoms with Gasteiger partial charge in [0.2, 0.25) is 0 Å². The molecule has 0 unspecified atom stereocenters. The first kappa shape index (κ1) is 14.0. The second-order valence-corrected chi connectivity index (χ2v) is 6.44. The number of fused-ring (bicyclic) bond motifs is 1. The molecule has 4 nitrogen and oxygen atoms in total. The SMILES string of the molecule is Nc1nc(C(=O)NCc2cc(Br)cs2)cc2ccccc12. The lowest BCUT2D eigenvalue weighted by Crippen LogP contribution is -2.23. The van der Waals surface area contributed by atoms with Crippen LogP contribution in [0.25, 0.3) is 10.8 Å². The normalized spacial score (nSPS) is 10.7. The number of benzene rings is 1. The standard InChI is InChI=1S/C15H12BrN3OS/c16-10-6-11(21-8-10)7-18-15(20)13-5-9-3-1-2-4-12(9)14(17)19-13/h1-6,8H,7H2,(H2,17,19)(H,18,20). The molecule has 0 aliphatic rings. The van der Waals surface area contributed by atoms with Crippen LogP contribution in [-0.4, -0.2) is 10.9 Å². The van der Waals surface area contributed by atoms with Crippen molar-refractivity contribution in [1.82, 2.24) is 10.3 Å². The zero-order valence-electron chi connectivity index (χ0n) is 11.0. The van der Waals surface area contributed by atoms with Gasteiger partial charge in [-0.05, 0) is 33.4 Å². The Kier molecular flexibility index (Phi) is 3.90. The van der Waals surface area contributed by atoms with Crippen molar-refractivity contribution in [3.63, 3.8) is 0 Å². The van der Waals surface area contributed by atoms with Crippen molar-refractivity contribution < 1.29 is 4.79 Å². The van der Waals surface area contributed by atoms with Gasteiger partial charge < -0.3 is 11.1 Å². The van der Waals surface area contributed by atoms with E-state index in [0.29, 0.717) is 18.1 Å². The number of hydrogen-bond acceptors (Lipinski definition) is 4. The van der Waals surface area contributed by atoms with E-state index in [1.54, 1.807) is 17.4 Å². The first-order chi connectivity index (χ1) is 10.1. The monoisotopic (exact) mass is 361 g/mol. The molecule has 2 aromatic heterocycles. The number of carbonyl (C=O) groups is 1. The molecule has 0 saturated carbocycles. The minimum atomic E-state index is -0.225. The zero-order valence-corrected chi connectivity index (χ0v) is 13.4. The number of nitrogens with zero attached hydrogens (tertiary/aromatic N) is 1. The summed E-state index contributed by atoms with van der Waals surface area (Å²) < 4.78 is 1.02. The van der Waals surface area contributed by atoms with Crippen LogP contribution in [0.1, 0.15) is 15.4 Å². The average Bonchev–Trinajstić information content (AvgIpc) is 2.90. The lowest BCUT2D eigenvalue weighted by Gasteiger charge is -2.06. The molecule has 1 aromatic carbocycles. The Balaban J connectivity index is 1.81. The second-order valence-electron chi connectivity index (χ2n) is 4.53. The van der Waals surface area contributed by atoms with Gasteiger partial charge >= 0.3 is 0 Å². The Labute approximate surface area is 134 Å². The molecule has 3 rings (SSSR count). The molecule has 0 aliphatic heterocycles. The molecule has 3 N–H and O–H groups in total. The van der Waals surface area contributed by atoms with Crippen LogP contribution in [0.2, 0.25) is 0 Å². The van der Waals surface area contributed by atoms with Gasteiger partial charge in [-0.2, -0.15) is 0 Å². The Hall–Kier alpha value is -1.92. The maximum absolute atomic E-state index is 12.2. The molecule has 3 aromatic rings. The molecule has 0 aliphatic carbocycles. The summed E-state index contributed by atoms with van der Waals surface area (Å²) in [6, 6.07) is 11.4. The van der Waals surface area contributed by atoms with Gasteiger partial charge in [-0.15, -0.1) is 11.3 Å². The maximum Gasteiger partial charge on any atom is 0.270 e. The number of pyridine rings is 1. The van der Waals surface area contributed by atoms with Crippen molar-refractivity contribution in [2.45, 2.75) is 6.54 Å². The van der Waals surface area contributed by atoms with Gasteiger partial charge in [0.15, 0.2) is 0 Å². The number of anilines is 1. The highest BCUT2D eigenvalue weighted by Crippen LogP contribution is 2.21. The number of aromatic nitrogens is 1. The third-order valence-corrected chi connectivity index (χ3v) is 4.75. The number of nitrogens with one attached hydrogen (secondary N) is 1.